The molecular formula is C17H22N2O2. The first-order chi connectivity index (χ1) is 10.2. The van der Waals surface area contributed by atoms with Crippen LogP contribution in [0.1, 0.15) is 31.0 Å². The number of hydrogen-bond acceptors (Lipinski definition) is 3. The van der Waals surface area contributed by atoms with Gasteiger partial charge in [0.15, 0.2) is 0 Å². The van der Waals surface area contributed by atoms with Crippen molar-refractivity contribution in [2.24, 2.45) is 0 Å². The molecule has 1 N–H and O–H groups in total. The van der Waals surface area contributed by atoms with Gasteiger partial charge in [0.25, 0.3) is 5.56 Å². The molecule has 4 heteroatoms. The van der Waals surface area contributed by atoms with Gasteiger partial charge in [0, 0.05) is 23.9 Å². The Hall–Kier alpha value is -2.07. The third-order valence-electron chi connectivity index (χ3n) is 3.56. The van der Waals surface area contributed by atoms with Crippen molar-refractivity contribution in [1.82, 2.24) is 9.88 Å². The summed E-state index contributed by atoms with van der Waals surface area (Å²) in [6.07, 6.45) is 1.80. The van der Waals surface area contributed by atoms with E-state index in [-0.39, 0.29) is 11.6 Å². The number of rotatable bonds is 6. The number of benzene rings is 1. The van der Waals surface area contributed by atoms with Gasteiger partial charge in [-0.3, -0.25) is 4.79 Å². The summed E-state index contributed by atoms with van der Waals surface area (Å²) < 4.78 is 7.37. The highest BCUT2D eigenvalue weighted by molar-refractivity contribution is 5.38. The van der Waals surface area contributed by atoms with E-state index in [2.05, 4.69) is 24.4 Å². The van der Waals surface area contributed by atoms with Gasteiger partial charge >= 0.3 is 0 Å². The summed E-state index contributed by atoms with van der Waals surface area (Å²) in [5.74, 6) is 0.834. The molecule has 0 aliphatic heterocycles. The van der Waals surface area contributed by atoms with E-state index >= 15 is 0 Å². The van der Waals surface area contributed by atoms with Gasteiger partial charge in [0.2, 0.25) is 0 Å². The fourth-order valence-electron chi connectivity index (χ4n) is 2.23. The molecule has 21 heavy (non-hydrogen) atoms. The molecule has 0 spiro atoms. The van der Waals surface area contributed by atoms with Gasteiger partial charge in [-0.05, 0) is 44.7 Å². The second-order valence-electron chi connectivity index (χ2n) is 4.98. The van der Waals surface area contributed by atoms with Crippen molar-refractivity contribution in [2.45, 2.75) is 26.4 Å². The highest BCUT2D eigenvalue weighted by atomic mass is 16.5. The SMILES string of the molecule is CCOc1ccc(C(C)NC)cc1Cn1ccccc1=O. The van der Waals surface area contributed by atoms with Gasteiger partial charge < -0.3 is 14.6 Å². The van der Waals surface area contributed by atoms with Crippen LogP contribution in [0.5, 0.6) is 5.75 Å². The van der Waals surface area contributed by atoms with E-state index in [1.165, 1.54) is 5.56 Å². The van der Waals surface area contributed by atoms with Crippen LogP contribution in [-0.2, 0) is 6.54 Å². The lowest BCUT2D eigenvalue weighted by molar-refractivity contribution is 0.335. The second-order valence-corrected chi connectivity index (χ2v) is 4.98. The van der Waals surface area contributed by atoms with Crippen molar-refractivity contribution < 1.29 is 4.74 Å². The van der Waals surface area contributed by atoms with Crippen molar-refractivity contribution in [3.05, 3.63) is 64.1 Å². The minimum atomic E-state index is -0.00739. The van der Waals surface area contributed by atoms with Crippen LogP contribution in [0.2, 0.25) is 0 Å². The number of nitrogens with one attached hydrogen (secondary N) is 1. The summed E-state index contributed by atoms with van der Waals surface area (Å²) >= 11 is 0. The largest absolute Gasteiger partial charge is 0.494 e. The molecule has 0 saturated carbocycles. The Morgan fingerprint density at radius 2 is 2.10 bits per heavy atom. The van der Waals surface area contributed by atoms with E-state index in [9.17, 15) is 4.79 Å². The molecule has 0 fully saturated rings. The normalized spacial score (nSPS) is 12.1. The Labute approximate surface area is 125 Å². The number of nitrogens with zero attached hydrogens (tertiary/aromatic N) is 1. The Kier molecular flexibility index (Phi) is 5.17. The molecule has 1 atom stereocenters. The van der Waals surface area contributed by atoms with Gasteiger partial charge in [-0.15, -0.1) is 0 Å². The Morgan fingerprint density at radius 1 is 1.29 bits per heavy atom. The smallest absolute Gasteiger partial charge is 0.250 e. The van der Waals surface area contributed by atoms with Crippen LogP contribution in [0.15, 0.2) is 47.4 Å². The maximum Gasteiger partial charge on any atom is 0.250 e. The van der Waals surface area contributed by atoms with Crippen molar-refractivity contribution in [2.75, 3.05) is 13.7 Å². The molecule has 0 amide bonds. The highest BCUT2D eigenvalue weighted by Gasteiger charge is 2.10. The maximum absolute atomic E-state index is 11.9. The van der Waals surface area contributed by atoms with Crippen LogP contribution in [0.25, 0.3) is 0 Å². The maximum atomic E-state index is 11.9. The first-order valence-corrected chi connectivity index (χ1v) is 7.24. The molecule has 0 radical (unpaired) electrons. The molecule has 0 aliphatic carbocycles. The minimum Gasteiger partial charge on any atom is -0.494 e. The third kappa shape index (κ3) is 3.73. The average Bonchev–Trinajstić information content (AvgIpc) is 2.50. The van der Waals surface area contributed by atoms with Crippen LogP contribution in [0.3, 0.4) is 0 Å². The summed E-state index contributed by atoms with van der Waals surface area (Å²) in [5.41, 5.74) is 2.19. The highest BCUT2D eigenvalue weighted by Crippen LogP contribution is 2.24. The van der Waals surface area contributed by atoms with Gasteiger partial charge in [-0.2, -0.15) is 0 Å². The summed E-state index contributed by atoms with van der Waals surface area (Å²) in [5, 5.41) is 3.23. The lowest BCUT2D eigenvalue weighted by atomic mass is 10.0. The number of hydrogen-bond donors (Lipinski definition) is 1. The molecular weight excluding hydrogens is 264 g/mol. The Balaban J connectivity index is 2.39. The van der Waals surface area contributed by atoms with E-state index in [0.717, 1.165) is 11.3 Å². The zero-order valence-corrected chi connectivity index (χ0v) is 12.8. The van der Waals surface area contributed by atoms with Crippen LogP contribution >= 0.6 is 0 Å². The van der Waals surface area contributed by atoms with Crippen molar-refractivity contribution in [3.63, 3.8) is 0 Å². The molecule has 1 heterocycles. The van der Waals surface area contributed by atoms with E-state index in [1.807, 2.05) is 26.1 Å². The summed E-state index contributed by atoms with van der Waals surface area (Å²) in [7, 11) is 1.93. The molecule has 112 valence electrons. The molecule has 4 nitrogen and oxygen atoms in total. The molecule has 2 rings (SSSR count). The zero-order valence-electron chi connectivity index (χ0n) is 12.8. The van der Waals surface area contributed by atoms with Crippen LogP contribution in [0, 0.1) is 0 Å². The quantitative estimate of drug-likeness (QED) is 0.887. The molecule has 1 aromatic carbocycles. The van der Waals surface area contributed by atoms with Crippen LogP contribution < -0.4 is 15.6 Å². The Morgan fingerprint density at radius 3 is 2.76 bits per heavy atom. The number of pyridine rings is 1. The van der Waals surface area contributed by atoms with E-state index in [4.69, 9.17) is 4.74 Å². The lowest BCUT2D eigenvalue weighted by Gasteiger charge is -2.16. The number of aromatic nitrogens is 1. The summed E-state index contributed by atoms with van der Waals surface area (Å²) in [6.45, 7) is 5.19. The molecule has 0 aliphatic rings. The van der Waals surface area contributed by atoms with Gasteiger partial charge in [-0.1, -0.05) is 12.1 Å². The van der Waals surface area contributed by atoms with Gasteiger partial charge in [0.05, 0.1) is 13.2 Å². The van der Waals surface area contributed by atoms with Crippen LogP contribution in [-0.4, -0.2) is 18.2 Å². The van der Waals surface area contributed by atoms with E-state index < -0.39 is 0 Å². The fourth-order valence-corrected chi connectivity index (χ4v) is 2.23. The lowest BCUT2D eigenvalue weighted by Crippen LogP contribution is -2.19. The predicted octanol–water partition coefficient (Wildman–Crippen LogP) is 2.58. The van der Waals surface area contributed by atoms with E-state index in [0.29, 0.717) is 13.2 Å². The average molecular weight is 286 g/mol. The molecule has 0 saturated heterocycles. The third-order valence-corrected chi connectivity index (χ3v) is 3.56. The minimum absolute atomic E-state index is 0.00739. The monoisotopic (exact) mass is 286 g/mol. The topological polar surface area (TPSA) is 43.3 Å². The first-order valence-electron chi connectivity index (χ1n) is 7.24. The van der Waals surface area contributed by atoms with Crippen molar-refractivity contribution in [3.8, 4) is 5.75 Å². The molecule has 2 aromatic rings. The standard InChI is InChI=1S/C17H22N2O2/c1-4-21-16-9-8-14(13(2)18-3)11-15(16)12-19-10-6-5-7-17(19)20/h5-11,13,18H,4,12H2,1-3H3. The molecule has 0 bridgehead atoms. The molecule has 1 unspecified atom stereocenters. The van der Waals surface area contributed by atoms with Crippen LogP contribution in [0.4, 0.5) is 0 Å². The first kappa shape index (κ1) is 15.3. The van der Waals surface area contributed by atoms with Crippen molar-refractivity contribution >= 4 is 0 Å². The van der Waals surface area contributed by atoms with Gasteiger partial charge in [-0.25, -0.2) is 0 Å². The van der Waals surface area contributed by atoms with E-state index in [1.54, 1.807) is 22.9 Å². The molecule has 1 aromatic heterocycles. The fraction of sp³-hybridized carbons (Fsp3) is 0.353. The Bertz CT molecular complexity index is 649. The summed E-state index contributed by atoms with van der Waals surface area (Å²) in [4.78, 5) is 11.9. The predicted molar refractivity (Wildman–Crippen MR) is 84.9 cm³/mol. The number of ether oxygens (including phenoxy) is 1. The van der Waals surface area contributed by atoms with Gasteiger partial charge in [0.1, 0.15) is 5.75 Å². The zero-order chi connectivity index (χ0) is 15.2. The van der Waals surface area contributed by atoms with Crippen molar-refractivity contribution in [1.29, 1.82) is 0 Å². The second kappa shape index (κ2) is 7.09. The summed E-state index contributed by atoms with van der Waals surface area (Å²) in [6, 6.07) is 11.6.